The second-order valence-electron chi connectivity index (χ2n) is 5.18. The summed E-state index contributed by atoms with van der Waals surface area (Å²) in [5.41, 5.74) is -3.80. The van der Waals surface area contributed by atoms with Crippen molar-refractivity contribution in [3.05, 3.63) is 0 Å². The molecule has 3 heteroatoms. The molecule has 0 saturated carbocycles. The van der Waals surface area contributed by atoms with Crippen LogP contribution >= 0.6 is 0 Å². The van der Waals surface area contributed by atoms with E-state index in [4.69, 9.17) is 5.11 Å². The topological polar surface area (TPSA) is 37.3 Å². The molecule has 1 atom stereocenters. The van der Waals surface area contributed by atoms with Crippen LogP contribution in [0.2, 0.25) is 0 Å². The Balaban J connectivity index is 5.16. The Hall–Kier alpha value is -0.600. The van der Waals surface area contributed by atoms with Gasteiger partial charge < -0.3 is 5.11 Å². The number of halogens is 1. The van der Waals surface area contributed by atoms with E-state index >= 15 is 0 Å². The van der Waals surface area contributed by atoms with Crippen LogP contribution < -0.4 is 0 Å². The largest absolute Gasteiger partial charge is 0.481 e. The summed E-state index contributed by atoms with van der Waals surface area (Å²) >= 11 is 0. The van der Waals surface area contributed by atoms with Gasteiger partial charge in [-0.2, -0.15) is 0 Å². The highest BCUT2D eigenvalue weighted by molar-refractivity contribution is 5.75. The third kappa shape index (κ3) is 1.84. The fraction of sp³-hybridized carbons (Fsp3) is 0.900. The molecule has 0 radical (unpaired) electrons. The van der Waals surface area contributed by atoms with Crippen molar-refractivity contribution in [2.24, 2.45) is 10.8 Å². The number of carbonyl (C=O) groups is 1. The Morgan fingerprint density at radius 3 is 1.46 bits per heavy atom. The van der Waals surface area contributed by atoms with Crippen LogP contribution in [0, 0.1) is 10.8 Å². The van der Waals surface area contributed by atoms with E-state index in [2.05, 4.69) is 0 Å². The Morgan fingerprint density at radius 2 is 1.38 bits per heavy atom. The fourth-order valence-corrected chi connectivity index (χ4v) is 1.14. The van der Waals surface area contributed by atoms with Gasteiger partial charge in [-0.15, -0.1) is 0 Å². The van der Waals surface area contributed by atoms with Crippen LogP contribution in [0.1, 0.15) is 41.5 Å². The summed E-state index contributed by atoms with van der Waals surface area (Å²) < 4.78 is 14.2. The van der Waals surface area contributed by atoms with E-state index in [1.165, 1.54) is 20.8 Å². The highest BCUT2D eigenvalue weighted by atomic mass is 19.1. The smallest absolute Gasteiger partial charge is 0.312 e. The maximum atomic E-state index is 14.2. The zero-order valence-corrected chi connectivity index (χ0v) is 9.23. The van der Waals surface area contributed by atoms with E-state index < -0.39 is 22.5 Å². The van der Waals surface area contributed by atoms with Crippen molar-refractivity contribution in [1.29, 1.82) is 0 Å². The molecule has 0 aliphatic carbocycles. The second kappa shape index (κ2) is 2.96. The van der Waals surface area contributed by atoms with Gasteiger partial charge in [0.25, 0.3) is 0 Å². The molecule has 13 heavy (non-hydrogen) atoms. The number of aliphatic carboxylic acids is 1. The van der Waals surface area contributed by atoms with Crippen molar-refractivity contribution in [1.82, 2.24) is 0 Å². The quantitative estimate of drug-likeness (QED) is 0.727. The highest BCUT2D eigenvalue weighted by Gasteiger charge is 2.54. The molecule has 0 aliphatic heterocycles. The molecule has 0 bridgehead atoms. The van der Waals surface area contributed by atoms with Gasteiger partial charge in [0.1, 0.15) is 5.67 Å². The van der Waals surface area contributed by atoms with Gasteiger partial charge in [0, 0.05) is 0 Å². The fourth-order valence-electron chi connectivity index (χ4n) is 1.14. The normalized spacial score (nSPS) is 18.1. The molecule has 0 saturated heterocycles. The summed E-state index contributed by atoms with van der Waals surface area (Å²) in [4.78, 5) is 10.9. The maximum Gasteiger partial charge on any atom is 0.312 e. The van der Waals surface area contributed by atoms with Crippen LogP contribution in [-0.2, 0) is 4.79 Å². The van der Waals surface area contributed by atoms with Crippen molar-refractivity contribution in [2.45, 2.75) is 47.2 Å². The molecule has 0 aromatic rings. The van der Waals surface area contributed by atoms with Crippen molar-refractivity contribution < 1.29 is 14.3 Å². The lowest BCUT2D eigenvalue weighted by Gasteiger charge is -2.43. The molecule has 0 heterocycles. The zero-order valence-electron chi connectivity index (χ0n) is 9.23. The van der Waals surface area contributed by atoms with Gasteiger partial charge in [-0.3, -0.25) is 4.79 Å². The Morgan fingerprint density at radius 1 is 1.08 bits per heavy atom. The summed E-state index contributed by atoms with van der Waals surface area (Å²) in [6.45, 7) is 9.30. The van der Waals surface area contributed by atoms with Crippen molar-refractivity contribution >= 4 is 5.97 Å². The molecule has 0 fully saturated rings. The molecule has 1 unspecified atom stereocenters. The molecule has 0 amide bonds. The molecular weight excluding hydrogens is 171 g/mol. The predicted octanol–water partition coefficient (Wildman–Crippen LogP) is 2.87. The van der Waals surface area contributed by atoms with Crippen molar-refractivity contribution in [3.8, 4) is 0 Å². The summed E-state index contributed by atoms with van der Waals surface area (Å²) in [5.74, 6) is -1.10. The van der Waals surface area contributed by atoms with E-state index in [9.17, 15) is 9.18 Å². The van der Waals surface area contributed by atoms with Gasteiger partial charge >= 0.3 is 5.97 Å². The van der Waals surface area contributed by atoms with E-state index in [0.717, 1.165) is 0 Å². The first-order valence-electron chi connectivity index (χ1n) is 4.37. The molecule has 0 spiro atoms. The zero-order chi connectivity index (χ0) is 11.1. The van der Waals surface area contributed by atoms with Gasteiger partial charge in [0.05, 0.1) is 5.41 Å². The van der Waals surface area contributed by atoms with E-state index in [1.54, 1.807) is 20.8 Å². The minimum absolute atomic E-state index is 0.686. The van der Waals surface area contributed by atoms with Crippen LogP contribution in [0.4, 0.5) is 4.39 Å². The third-order valence-electron chi connectivity index (χ3n) is 3.12. The summed E-state index contributed by atoms with van der Waals surface area (Å²) in [5, 5.41) is 8.90. The highest BCUT2D eigenvalue weighted by Crippen LogP contribution is 2.46. The van der Waals surface area contributed by atoms with Crippen molar-refractivity contribution in [2.75, 3.05) is 0 Å². The molecule has 0 rings (SSSR count). The van der Waals surface area contributed by atoms with Crippen LogP contribution in [0.5, 0.6) is 0 Å². The maximum absolute atomic E-state index is 14.2. The van der Waals surface area contributed by atoms with Gasteiger partial charge in [-0.05, 0) is 26.2 Å². The number of rotatable bonds is 2. The third-order valence-corrected chi connectivity index (χ3v) is 3.12. The lowest BCUT2D eigenvalue weighted by atomic mass is 9.64. The molecule has 78 valence electrons. The van der Waals surface area contributed by atoms with Crippen LogP contribution in [0.3, 0.4) is 0 Å². The van der Waals surface area contributed by atoms with E-state index in [0.29, 0.717) is 0 Å². The summed E-state index contributed by atoms with van der Waals surface area (Å²) in [7, 11) is 0. The molecular formula is C10H19FO2. The average molecular weight is 190 g/mol. The number of carboxylic acid groups (broad SMARTS) is 1. The molecule has 0 aromatic carbocycles. The van der Waals surface area contributed by atoms with Crippen LogP contribution in [0.15, 0.2) is 0 Å². The Kier molecular flexibility index (Phi) is 2.83. The van der Waals surface area contributed by atoms with Crippen LogP contribution in [-0.4, -0.2) is 16.7 Å². The minimum atomic E-state index is -1.74. The first kappa shape index (κ1) is 12.4. The Labute approximate surface area is 79.1 Å². The van der Waals surface area contributed by atoms with Gasteiger partial charge in [0.2, 0.25) is 0 Å². The summed E-state index contributed by atoms with van der Waals surface area (Å²) in [6, 6.07) is 0. The number of alkyl halides is 1. The van der Waals surface area contributed by atoms with E-state index in [-0.39, 0.29) is 0 Å². The number of hydrogen-bond acceptors (Lipinski definition) is 1. The average Bonchev–Trinajstić information content (AvgIpc) is 1.84. The predicted molar refractivity (Wildman–Crippen MR) is 50.4 cm³/mol. The van der Waals surface area contributed by atoms with Gasteiger partial charge in [-0.1, -0.05) is 20.8 Å². The SMILES string of the molecule is CC(C)(C)C(C)(F)C(C)(C)C(=O)O. The lowest BCUT2D eigenvalue weighted by molar-refractivity contribution is -0.163. The van der Waals surface area contributed by atoms with Crippen molar-refractivity contribution in [3.63, 3.8) is 0 Å². The van der Waals surface area contributed by atoms with Gasteiger partial charge in [0.15, 0.2) is 0 Å². The van der Waals surface area contributed by atoms with Crippen LogP contribution in [0.25, 0.3) is 0 Å². The number of hydrogen-bond donors (Lipinski definition) is 1. The first-order valence-corrected chi connectivity index (χ1v) is 4.37. The monoisotopic (exact) mass is 190 g/mol. The minimum Gasteiger partial charge on any atom is -0.481 e. The molecule has 1 N–H and O–H groups in total. The second-order valence-corrected chi connectivity index (χ2v) is 5.18. The molecule has 0 aliphatic rings. The lowest BCUT2D eigenvalue weighted by Crippen LogP contribution is -2.52. The number of carboxylic acids is 1. The molecule has 2 nitrogen and oxygen atoms in total. The first-order chi connectivity index (χ1) is 5.44. The molecule has 0 aromatic heterocycles. The van der Waals surface area contributed by atoms with E-state index in [1.807, 2.05) is 0 Å². The Bertz CT molecular complexity index is 211. The van der Waals surface area contributed by atoms with Gasteiger partial charge in [-0.25, -0.2) is 4.39 Å². The summed E-state index contributed by atoms with van der Waals surface area (Å²) in [6.07, 6.45) is 0. The standard InChI is InChI=1S/C10H19FO2/c1-8(2,3)10(6,11)9(4,5)7(12)13/h1-6H3,(H,12,13).